The standard InChI is InChI=1S/C21H23N7O/c1-13-12-29-9-8-28(13)19-11-15(20-14(2)25-26-27(20)3)10-18(24-19)16-4-6-22-21-17(16)5-7-23-21/h4-7,10-11,13H,8-9,12H2,1-3H3,(H,22,23)/t13-/m1/s1. The van der Waals surface area contributed by atoms with Gasteiger partial charge in [0.25, 0.3) is 0 Å². The van der Waals surface area contributed by atoms with Crippen molar-refractivity contribution in [1.82, 2.24) is 29.9 Å². The molecule has 5 rings (SSSR count). The van der Waals surface area contributed by atoms with Gasteiger partial charge in [-0.3, -0.25) is 0 Å². The molecule has 0 spiro atoms. The van der Waals surface area contributed by atoms with Crippen molar-refractivity contribution in [2.24, 2.45) is 7.05 Å². The molecule has 8 heteroatoms. The van der Waals surface area contributed by atoms with Crippen molar-refractivity contribution in [3.8, 4) is 22.5 Å². The van der Waals surface area contributed by atoms with E-state index >= 15 is 0 Å². The molecule has 1 fully saturated rings. The van der Waals surface area contributed by atoms with E-state index in [4.69, 9.17) is 9.72 Å². The summed E-state index contributed by atoms with van der Waals surface area (Å²) >= 11 is 0. The molecule has 4 aromatic rings. The van der Waals surface area contributed by atoms with Crippen LogP contribution in [0.15, 0.2) is 36.7 Å². The summed E-state index contributed by atoms with van der Waals surface area (Å²) in [5.41, 5.74) is 5.75. The molecular weight excluding hydrogens is 366 g/mol. The lowest BCUT2D eigenvalue weighted by atomic mass is 10.0. The van der Waals surface area contributed by atoms with E-state index < -0.39 is 0 Å². The van der Waals surface area contributed by atoms with Crippen molar-refractivity contribution in [2.75, 3.05) is 24.7 Å². The first kappa shape index (κ1) is 17.8. The second kappa shape index (κ2) is 6.97. The Morgan fingerprint density at radius 2 is 2.14 bits per heavy atom. The summed E-state index contributed by atoms with van der Waals surface area (Å²) in [6.45, 7) is 6.37. The van der Waals surface area contributed by atoms with Gasteiger partial charge in [-0.05, 0) is 38.1 Å². The van der Waals surface area contributed by atoms with Gasteiger partial charge in [-0.25, -0.2) is 14.6 Å². The third-order valence-corrected chi connectivity index (χ3v) is 5.48. The number of H-pyrrole nitrogens is 1. The van der Waals surface area contributed by atoms with Gasteiger partial charge >= 0.3 is 0 Å². The molecule has 0 amide bonds. The molecule has 4 aromatic heterocycles. The Morgan fingerprint density at radius 3 is 2.93 bits per heavy atom. The Morgan fingerprint density at radius 1 is 1.24 bits per heavy atom. The summed E-state index contributed by atoms with van der Waals surface area (Å²) in [7, 11) is 1.92. The first-order chi connectivity index (χ1) is 14.1. The van der Waals surface area contributed by atoms with Gasteiger partial charge in [-0.1, -0.05) is 5.21 Å². The molecule has 0 saturated carbocycles. The number of morpholine rings is 1. The first-order valence-electron chi connectivity index (χ1n) is 9.77. The second-order valence-corrected chi connectivity index (χ2v) is 7.46. The molecule has 0 bridgehead atoms. The Bertz CT molecular complexity index is 1160. The molecular formula is C21H23N7O. The van der Waals surface area contributed by atoms with Crippen LogP contribution in [0.1, 0.15) is 12.6 Å². The number of nitrogens with zero attached hydrogens (tertiary/aromatic N) is 6. The van der Waals surface area contributed by atoms with Crippen LogP contribution >= 0.6 is 0 Å². The fraction of sp³-hybridized carbons (Fsp3) is 0.333. The molecule has 1 saturated heterocycles. The van der Waals surface area contributed by atoms with E-state index in [2.05, 4.69) is 44.2 Å². The maximum absolute atomic E-state index is 5.63. The minimum Gasteiger partial charge on any atom is -0.377 e. The van der Waals surface area contributed by atoms with Crippen LogP contribution in [0.5, 0.6) is 0 Å². The number of fused-ring (bicyclic) bond motifs is 1. The van der Waals surface area contributed by atoms with Crippen molar-refractivity contribution >= 4 is 16.9 Å². The van der Waals surface area contributed by atoms with Gasteiger partial charge in [-0.2, -0.15) is 0 Å². The molecule has 1 aliphatic rings. The smallest absolute Gasteiger partial charge is 0.137 e. The van der Waals surface area contributed by atoms with Gasteiger partial charge in [0, 0.05) is 42.5 Å². The van der Waals surface area contributed by atoms with E-state index in [1.54, 1.807) is 0 Å². The molecule has 1 aliphatic heterocycles. The van der Waals surface area contributed by atoms with Gasteiger partial charge in [0.1, 0.15) is 11.5 Å². The van der Waals surface area contributed by atoms with Gasteiger partial charge < -0.3 is 14.6 Å². The number of hydrogen-bond acceptors (Lipinski definition) is 6. The fourth-order valence-corrected chi connectivity index (χ4v) is 4.05. The number of aryl methyl sites for hydroxylation is 2. The van der Waals surface area contributed by atoms with Crippen LogP contribution in [0.4, 0.5) is 5.82 Å². The van der Waals surface area contributed by atoms with Crippen molar-refractivity contribution in [3.05, 3.63) is 42.4 Å². The SMILES string of the molecule is Cc1nnn(C)c1-c1cc(-c2ccnc3[nH]ccc23)nc(N2CCOC[C@H]2C)c1. The zero-order valence-corrected chi connectivity index (χ0v) is 16.8. The lowest BCUT2D eigenvalue weighted by molar-refractivity contribution is 0.0985. The Kier molecular flexibility index (Phi) is 4.28. The maximum Gasteiger partial charge on any atom is 0.137 e. The Balaban J connectivity index is 1.73. The summed E-state index contributed by atoms with van der Waals surface area (Å²) in [5.74, 6) is 0.939. The molecule has 29 heavy (non-hydrogen) atoms. The summed E-state index contributed by atoms with van der Waals surface area (Å²) in [6, 6.07) is 8.56. The van der Waals surface area contributed by atoms with Crippen molar-refractivity contribution in [3.63, 3.8) is 0 Å². The van der Waals surface area contributed by atoms with E-state index in [0.717, 1.165) is 51.6 Å². The summed E-state index contributed by atoms with van der Waals surface area (Å²) in [6.07, 6.45) is 3.72. The number of aromatic nitrogens is 6. The van der Waals surface area contributed by atoms with Gasteiger partial charge in [0.15, 0.2) is 0 Å². The lowest BCUT2D eigenvalue weighted by Crippen LogP contribution is -2.44. The number of nitrogens with one attached hydrogen (secondary N) is 1. The van der Waals surface area contributed by atoms with Crippen LogP contribution in [0, 0.1) is 6.92 Å². The number of ether oxygens (including phenoxy) is 1. The molecule has 148 valence electrons. The monoisotopic (exact) mass is 389 g/mol. The average Bonchev–Trinajstić information content (AvgIpc) is 3.34. The van der Waals surface area contributed by atoms with Gasteiger partial charge in [0.2, 0.25) is 0 Å². The number of aromatic amines is 1. The highest BCUT2D eigenvalue weighted by atomic mass is 16.5. The van der Waals surface area contributed by atoms with Crippen molar-refractivity contribution in [1.29, 1.82) is 0 Å². The predicted octanol–water partition coefficient (Wildman–Crippen LogP) is 2.95. The van der Waals surface area contributed by atoms with E-state index in [-0.39, 0.29) is 6.04 Å². The molecule has 5 heterocycles. The topological polar surface area (TPSA) is 84.8 Å². The number of hydrogen-bond donors (Lipinski definition) is 1. The largest absolute Gasteiger partial charge is 0.377 e. The zero-order chi connectivity index (χ0) is 20.0. The quantitative estimate of drug-likeness (QED) is 0.580. The van der Waals surface area contributed by atoms with Crippen LogP contribution in [0.25, 0.3) is 33.5 Å². The van der Waals surface area contributed by atoms with Crippen LogP contribution in [-0.2, 0) is 11.8 Å². The summed E-state index contributed by atoms with van der Waals surface area (Å²) in [5, 5.41) is 9.48. The molecule has 8 nitrogen and oxygen atoms in total. The number of anilines is 1. The highest BCUT2D eigenvalue weighted by Crippen LogP contribution is 2.33. The number of rotatable bonds is 3. The fourth-order valence-electron chi connectivity index (χ4n) is 4.05. The van der Waals surface area contributed by atoms with E-state index in [1.165, 1.54) is 0 Å². The third-order valence-electron chi connectivity index (χ3n) is 5.48. The van der Waals surface area contributed by atoms with Crippen LogP contribution in [-0.4, -0.2) is 55.7 Å². The highest BCUT2D eigenvalue weighted by Gasteiger charge is 2.23. The Hall–Kier alpha value is -3.26. The van der Waals surface area contributed by atoms with E-state index in [0.29, 0.717) is 13.2 Å². The molecule has 1 atom stereocenters. The molecule has 0 unspecified atom stereocenters. The highest BCUT2D eigenvalue weighted by molar-refractivity contribution is 5.92. The van der Waals surface area contributed by atoms with Crippen molar-refractivity contribution < 1.29 is 4.74 Å². The minimum absolute atomic E-state index is 0.259. The molecule has 1 N–H and O–H groups in total. The Labute approximate surface area is 168 Å². The van der Waals surface area contributed by atoms with Gasteiger partial charge in [0.05, 0.1) is 36.3 Å². The van der Waals surface area contributed by atoms with E-state index in [1.807, 2.05) is 43.2 Å². The average molecular weight is 389 g/mol. The van der Waals surface area contributed by atoms with Crippen LogP contribution in [0.2, 0.25) is 0 Å². The maximum atomic E-state index is 5.63. The minimum atomic E-state index is 0.259. The summed E-state index contributed by atoms with van der Waals surface area (Å²) < 4.78 is 7.45. The predicted molar refractivity (Wildman–Crippen MR) is 112 cm³/mol. The third kappa shape index (κ3) is 3.05. The van der Waals surface area contributed by atoms with Crippen LogP contribution in [0.3, 0.4) is 0 Å². The van der Waals surface area contributed by atoms with Crippen molar-refractivity contribution in [2.45, 2.75) is 19.9 Å². The molecule has 0 aliphatic carbocycles. The lowest BCUT2D eigenvalue weighted by Gasteiger charge is -2.34. The zero-order valence-electron chi connectivity index (χ0n) is 16.8. The molecule has 0 aromatic carbocycles. The van der Waals surface area contributed by atoms with Gasteiger partial charge in [-0.15, -0.1) is 5.10 Å². The normalized spacial score (nSPS) is 17.2. The van der Waals surface area contributed by atoms with E-state index in [9.17, 15) is 0 Å². The summed E-state index contributed by atoms with van der Waals surface area (Å²) in [4.78, 5) is 15.0. The first-order valence-corrected chi connectivity index (χ1v) is 9.77. The second-order valence-electron chi connectivity index (χ2n) is 7.46. The molecule has 0 radical (unpaired) electrons. The number of pyridine rings is 2. The van der Waals surface area contributed by atoms with Crippen LogP contribution < -0.4 is 4.90 Å².